The predicted molar refractivity (Wildman–Crippen MR) is 56.2 cm³/mol. The second kappa shape index (κ2) is 4.29. The third-order valence-electron chi connectivity index (χ3n) is 2.00. The van der Waals surface area contributed by atoms with E-state index in [1.165, 1.54) is 24.4 Å². The van der Waals surface area contributed by atoms with E-state index in [0.717, 1.165) is 4.68 Å². The molecule has 16 heavy (non-hydrogen) atoms. The van der Waals surface area contributed by atoms with Crippen molar-refractivity contribution in [3.8, 4) is 5.69 Å². The van der Waals surface area contributed by atoms with Crippen LogP contribution in [0.2, 0.25) is 0 Å². The smallest absolute Gasteiger partial charge is 0.236 e. The highest BCUT2D eigenvalue weighted by molar-refractivity contribution is 9.10. The summed E-state index contributed by atoms with van der Waals surface area (Å²) in [5, 5.41) is 3.62. The van der Waals surface area contributed by atoms with Crippen LogP contribution in [0.15, 0.2) is 34.9 Å². The van der Waals surface area contributed by atoms with Gasteiger partial charge in [-0.05, 0) is 28.1 Å². The molecule has 84 valence electrons. The number of para-hydroxylation sites is 1. The molecule has 0 bridgehead atoms. The van der Waals surface area contributed by atoms with Gasteiger partial charge < -0.3 is 0 Å². The van der Waals surface area contributed by atoms with E-state index in [4.69, 9.17) is 0 Å². The Morgan fingerprint density at radius 1 is 1.25 bits per heavy atom. The molecule has 0 aliphatic rings. The van der Waals surface area contributed by atoms with E-state index in [1.807, 2.05) is 0 Å². The average molecular weight is 291 g/mol. The first-order valence-electron chi connectivity index (χ1n) is 4.37. The van der Waals surface area contributed by atoms with Crippen molar-refractivity contribution in [3.05, 3.63) is 46.4 Å². The van der Waals surface area contributed by atoms with Crippen LogP contribution in [0, 0.1) is 5.82 Å². The molecule has 0 spiro atoms. The molecule has 1 heterocycles. The normalized spacial score (nSPS) is 11.1. The van der Waals surface area contributed by atoms with Gasteiger partial charge in [-0.3, -0.25) is 0 Å². The van der Waals surface area contributed by atoms with Crippen molar-refractivity contribution in [1.82, 2.24) is 9.78 Å². The van der Waals surface area contributed by atoms with Crippen molar-refractivity contribution in [1.29, 1.82) is 0 Å². The highest BCUT2D eigenvalue weighted by Gasteiger charge is 2.17. The summed E-state index contributed by atoms with van der Waals surface area (Å²) in [5.74, 6) is -0.515. The lowest BCUT2D eigenvalue weighted by Crippen LogP contribution is -1.99. The lowest BCUT2D eigenvalue weighted by molar-refractivity contribution is 0.144. The number of benzene rings is 1. The predicted octanol–water partition coefficient (Wildman–Crippen LogP) is 3.71. The van der Waals surface area contributed by atoms with Crippen molar-refractivity contribution in [2.45, 2.75) is 6.43 Å². The summed E-state index contributed by atoms with van der Waals surface area (Å²) < 4.78 is 39.5. The van der Waals surface area contributed by atoms with Crippen LogP contribution in [0.25, 0.3) is 5.69 Å². The molecule has 0 radical (unpaired) electrons. The molecule has 0 atom stereocenters. The summed E-state index contributed by atoms with van der Waals surface area (Å²) in [6, 6.07) is 5.83. The SMILES string of the molecule is Fc1ccccc1-n1cc(Br)c(C(F)F)n1. The van der Waals surface area contributed by atoms with Crippen molar-refractivity contribution in [2.24, 2.45) is 0 Å². The highest BCUT2D eigenvalue weighted by Crippen LogP contribution is 2.27. The third kappa shape index (κ3) is 1.97. The Morgan fingerprint density at radius 2 is 1.94 bits per heavy atom. The van der Waals surface area contributed by atoms with Crippen molar-refractivity contribution in [2.75, 3.05) is 0 Å². The minimum Gasteiger partial charge on any atom is -0.236 e. The summed E-state index contributed by atoms with van der Waals surface area (Å²) in [6.07, 6.45) is -1.39. The molecule has 6 heteroatoms. The van der Waals surface area contributed by atoms with Crippen molar-refractivity contribution < 1.29 is 13.2 Å². The van der Waals surface area contributed by atoms with E-state index in [9.17, 15) is 13.2 Å². The fraction of sp³-hybridized carbons (Fsp3) is 0.100. The van der Waals surface area contributed by atoms with E-state index in [1.54, 1.807) is 6.07 Å². The Labute approximate surface area is 97.8 Å². The second-order valence-corrected chi connectivity index (χ2v) is 3.91. The minimum atomic E-state index is -2.69. The van der Waals surface area contributed by atoms with E-state index < -0.39 is 17.9 Å². The molecule has 0 N–H and O–H groups in total. The number of hydrogen-bond acceptors (Lipinski definition) is 1. The molecule has 0 unspecified atom stereocenters. The number of aromatic nitrogens is 2. The van der Waals surface area contributed by atoms with Crippen LogP contribution in [0.4, 0.5) is 13.2 Å². The molecule has 1 aromatic carbocycles. The van der Waals surface area contributed by atoms with Gasteiger partial charge in [-0.1, -0.05) is 12.1 Å². The molecule has 0 aliphatic carbocycles. The topological polar surface area (TPSA) is 17.8 Å². The first-order valence-corrected chi connectivity index (χ1v) is 5.17. The Bertz CT molecular complexity index is 511. The Balaban J connectivity index is 2.50. The van der Waals surface area contributed by atoms with Crippen LogP contribution >= 0.6 is 15.9 Å². The van der Waals surface area contributed by atoms with E-state index >= 15 is 0 Å². The third-order valence-corrected chi connectivity index (χ3v) is 2.61. The zero-order chi connectivity index (χ0) is 11.7. The lowest BCUT2D eigenvalue weighted by Gasteiger charge is -2.01. The van der Waals surface area contributed by atoms with E-state index in [2.05, 4.69) is 21.0 Å². The minimum absolute atomic E-state index is 0.134. The molecule has 2 nitrogen and oxygen atoms in total. The molecule has 2 rings (SSSR count). The molecule has 0 amide bonds. The van der Waals surface area contributed by atoms with Crippen LogP contribution < -0.4 is 0 Å². The van der Waals surface area contributed by atoms with Gasteiger partial charge >= 0.3 is 0 Å². The van der Waals surface area contributed by atoms with E-state index in [-0.39, 0.29) is 10.2 Å². The number of rotatable bonds is 2. The van der Waals surface area contributed by atoms with Gasteiger partial charge in [-0.2, -0.15) is 5.10 Å². The van der Waals surface area contributed by atoms with Gasteiger partial charge in [0.05, 0.1) is 4.47 Å². The van der Waals surface area contributed by atoms with Gasteiger partial charge in [0, 0.05) is 6.20 Å². The van der Waals surface area contributed by atoms with Gasteiger partial charge in [0.15, 0.2) is 0 Å². The van der Waals surface area contributed by atoms with Crippen molar-refractivity contribution >= 4 is 15.9 Å². The molecule has 0 saturated heterocycles. The molecule has 0 aliphatic heterocycles. The first-order chi connectivity index (χ1) is 7.59. The van der Waals surface area contributed by atoms with Gasteiger partial charge in [0.2, 0.25) is 0 Å². The number of halogens is 4. The molecule has 2 aromatic rings. The zero-order valence-corrected chi connectivity index (χ0v) is 9.46. The Hall–Kier alpha value is -1.30. The largest absolute Gasteiger partial charge is 0.283 e. The first kappa shape index (κ1) is 11.2. The van der Waals surface area contributed by atoms with Crippen molar-refractivity contribution in [3.63, 3.8) is 0 Å². The molecular weight excluding hydrogens is 285 g/mol. The highest BCUT2D eigenvalue weighted by atomic mass is 79.9. The zero-order valence-electron chi connectivity index (χ0n) is 7.87. The molecule has 1 aromatic heterocycles. The molecular formula is C10H6BrF3N2. The monoisotopic (exact) mass is 290 g/mol. The van der Waals surface area contributed by atoms with Gasteiger partial charge in [0.25, 0.3) is 6.43 Å². The summed E-state index contributed by atoms with van der Waals surface area (Å²) >= 11 is 2.95. The van der Waals surface area contributed by atoms with Crippen LogP contribution in [-0.4, -0.2) is 9.78 Å². The van der Waals surface area contributed by atoms with Gasteiger partial charge in [0.1, 0.15) is 17.2 Å². The van der Waals surface area contributed by atoms with Gasteiger partial charge in [-0.25, -0.2) is 17.9 Å². The summed E-state index contributed by atoms with van der Waals surface area (Å²) in [7, 11) is 0. The maximum Gasteiger partial charge on any atom is 0.283 e. The van der Waals surface area contributed by atoms with Crippen LogP contribution in [0.3, 0.4) is 0 Å². The van der Waals surface area contributed by atoms with Crippen LogP contribution in [0.1, 0.15) is 12.1 Å². The number of alkyl halides is 2. The van der Waals surface area contributed by atoms with Crippen LogP contribution in [0.5, 0.6) is 0 Å². The average Bonchev–Trinajstić information content (AvgIpc) is 2.61. The van der Waals surface area contributed by atoms with Crippen LogP contribution in [-0.2, 0) is 0 Å². The number of nitrogens with zero attached hydrogens (tertiary/aromatic N) is 2. The second-order valence-electron chi connectivity index (χ2n) is 3.06. The standard InChI is InChI=1S/C10H6BrF3N2/c11-6-5-16(15-9(6)10(13)14)8-4-2-1-3-7(8)12/h1-5,10H. The molecule has 0 fully saturated rings. The summed E-state index contributed by atoms with van der Waals surface area (Å²) in [4.78, 5) is 0. The lowest BCUT2D eigenvalue weighted by atomic mass is 10.3. The maximum atomic E-state index is 13.4. The summed E-state index contributed by atoms with van der Waals surface area (Å²) in [6.45, 7) is 0. The molecule has 0 saturated carbocycles. The summed E-state index contributed by atoms with van der Waals surface area (Å²) in [5.41, 5.74) is -0.265. The van der Waals surface area contributed by atoms with Gasteiger partial charge in [-0.15, -0.1) is 0 Å². The quantitative estimate of drug-likeness (QED) is 0.824. The fourth-order valence-electron chi connectivity index (χ4n) is 1.28. The maximum absolute atomic E-state index is 13.4. The fourth-order valence-corrected chi connectivity index (χ4v) is 1.72. The van der Waals surface area contributed by atoms with E-state index in [0.29, 0.717) is 0 Å². The Morgan fingerprint density at radius 3 is 2.50 bits per heavy atom. The number of hydrogen-bond donors (Lipinski definition) is 0. The Kier molecular flexibility index (Phi) is 3.00.